The first kappa shape index (κ1) is 29.7. The Labute approximate surface area is 242 Å². The van der Waals surface area contributed by atoms with E-state index in [1.54, 1.807) is 38.2 Å². The van der Waals surface area contributed by atoms with Gasteiger partial charge in [0.25, 0.3) is 5.91 Å². The highest BCUT2D eigenvalue weighted by atomic mass is 32.1. The molecule has 0 unspecified atom stereocenters. The van der Waals surface area contributed by atoms with Crippen molar-refractivity contribution < 1.29 is 29.0 Å². The van der Waals surface area contributed by atoms with E-state index in [0.29, 0.717) is 5.69 Å². The maximum atomic E-state index is 13.6. The number of pyridine rings is 1. The number of rotatable bonds is 8. The van der Waals surface area contributed by atoms with Crippen LogP contribution in [-0.2, 0) is 14.3 Å². The van der Waals surface area contributed by atoms with Crippen LogP contribution in [0, 0.1) is 0 Å². The topological polar surface area (TPSA) is 129 Å². The lowest BCUT2D eigenvalue weighted by Crippen LogP contribution is -2.55. The van der Waals surface area contributed by atoms with Gasteiger partial charge in [0.2, 0.25) is 5.91 Å². The molecule has 0 bridgehead atoms. The van der Waals surface area contributed by atoms with E-state index < -0.39 is 29.6 Å². The lowest BCUT2D eigenvalue weighted by Gasteiger charge is -2.35. The molecule has 0 aliphatic carbocycles. The van der Waals surface area contributed by atoms with Crippen LogP contribution in [0.2, 0.25) is 0 Å². The quantitative estimate of drug-likeness (QED) is 0.376. The number of ether oxygens (including phenoxy) is 1. The summed E-state index contributed by atoms with van der Waals surface area (Å²) in [4.78, 5) is 58.3. The highest BCUT2D eigenvalue weighted by Crippen LogP contribution is 2.28. The van der Waals surface area contributed by atoms with E-state index >= 15 is 0 Å². The first-order chi connectivity index (χ1) is 19.5. The Kier molecular flexibility index (Phi) is 9.38. The Balaban J connectivity index is 1.59. The van der Waals surface area contributed by atoms with E-state index in [9.17, 15) is 24.3 Å². The zero-order valence-electron chi connectivity index (χ0n) is 23.3. The van der Waals surface area contributed by atoms with Crippen LogP contribution in [-0.4, -0.2) is 81.6 Å². The van der Waals surface area contributed by atoms with Gasteiger partial charge in [-0.1, -0.05) is 30.3 Å². The van der Waals surface area contributed by atoms with Gasteiger partial charge in [0.1, 0.15) is 17.3 Å². The average Bonchev–Trinajstić information content (AvgIpc) is 3.49. The van der Waals surface area contributed by atoms with E-state index in [-0.39, 0.29) is 50.6 Å². The van der Waals surface area contributed by atoms with Gasteiger partial charge >= 0.3 is 12.1 Å². The number of esters is 1. The molecule has 4 rings (SSSR count). The molecule has 11 heteroatoms. The Morgan fingerprint density at radius 2 is 1.66 bits per heavy atom. The molecule has 3 heterocycles. The van der Waals surface area contributed by atoms with Crippen molar-refractivity contribution in [1.29, 1.82) is 0 Å². The van der Waals surface area contributed by atoms with Crippen LogP contribution >= 0.6 is 11.3 Å². The monoisotopic (exact) mass is 578 g/mol. The number of nitrogens with zero attached hydrogens (tertiary/aromatic N) is 3. The minimum Gasteiger partial charge on any atom is -0.465 e. The number of hydrogen-bond acceptors (Lipinski definition) is 7. The zero-order chi connectivity index (χ0) is 29.6. The Morgan fingerprint density at radius 1 is 0.976 bits per heavy atom. The van der Waals surface area contributed by atoms with Crippen LogP contribution in [0.25, 0.3) is 22.4 Å². The highest BCUT2D eigenvalue weighted by molar-refractivity contribution is 7.08. The summed E-state index contributed by atoms with van der Waals surface area (Å²) in [5.41, 5.74) is 2.66. The summed E-state index contributed by atoms with van der Waals surface area (Å²) >= 11 is 1.54. The molecule has 0 saturated carbocycles. The largest absolute Gasteiger partial charge is 0.465 e. The standard InChI is InChI=1S/C30H34N4O6S/c1-30(2,3)40-26(35)10-9-23(28(37)33-12-14-34(15-13-33)29(38)39)32-27(36)25-18-22(21-11-16-41-19-21)17-24(31-25)20-7-5-4-6-8-20/h4-8,11,16-19,23H,9-10,12-15H2,1-3H3,(H,32,36)(H,38,39)/t23-/m0/s1. The molecule has 0 spiro atoms. The molecule has 3 aromatic rings. The molecule has 2 N–H and O–H groups in total. The normalized spacial score (nSPS) is 14.3. The molecule has 1 atom stereocenters. The summed E-state index contributed by atoms with van der Waals surface area (Å²) in [5, 5.41) is 16.0. The molecule has 216 valence electrons. The average molecular weight is 579 g/mol. The highest BCUT2D eigenvalue weighted by Gasteiger charge is 2.31. The smallest absolute Gasteiger partial charge is 0.407 e. The van der Waals surface area contributed by atoms with Crippen LogP contribution in [0.5, 0.6) is 0 Å². The number of thiophene rings is 1. The second-order valence-electron chi connectivity index (χ2n) is 10.8. The van der Waals surface area contributed by atoms with E-state index in [1.807, 2.05) is 53.2 Å². The fourth-order valence-corrected chi connectivity index (χ4v) is 5.15. The van der Waals surface area contributed by atoms with Gasteiger partial charge < -0.3 is 25.0 Å². The number of benzene rings is 1. The SMILES string of the molecule is CC(C)(C)OC(=O)CC[C@H](NC(=O)c1cc(-c2ccsc2)cc(-c2ccccc2)n1)C(=O)N1CCN(C(=O)O)CC1. The zero-order valence-corrected chi connectivity index (χ0v) is 24.1. The molecular formula is C30H34N4O6S. The summed E-state index contributed by atoms with van der Waals surface area (Å²) < 4.78 is 5.41. The van der Waals surface area contributed by atoms with Gasteiger partial charge in [0, 0.05) is 38.2 Å². The first-order valence-corrected chi connectivity index (χ1v) is 14.3. The summed E-state index contributed by atoms with van der Waals surface area (Å²) in [7, 11) is 0. The lowest BCUT2D eigenvalue weighted by atomic mass is 10.0. The van der Waals surface area contributed by atoms with Crippen LogP contribution in [0.1, 0.15) is 44.1 Å². The Hall–Kier alpha value is -4.25. The van der Waals surface area contributed by atoms with Gasteiger partial charge in [-0.15, -0.1) is 0 Å². The van der Waals surface area contributed by atoms with Gasteiger partial charge in [-0.2, -0.15) is 11.3 Å². The summed E-state index contributed by atoms with van der Waals surface area (Å²) in [6, 6.07) is 14.0. The van der Waals surface area contributed by atoms with E-state index in [0.717, 1.165) is 16.7 Å². The van der Waals surface area contributed by atoms with Crippen molar-refractivity contribution in [3.05, 3.63) is 65.0 Å². The van der Waals surface area contributed by atoms with E-state index in [1.165, 1.54) is 9.80 Å². The van der Waals surface area contributed by atoms with Crippen molar-refractivity contribution in [1.82, 2.24) is 20.1 Å². The van der Waals surface area contributed by atoms with E-state index in [4.69, 9.17) is 4.74 Å². The van der Waals surface area contributed by atoms with Gasteiger partial charge in [-0.25, -0.2) is 9.78 Å². The number of nitrogens with one attached hydrogen (secondary N) is 1. The van der Waals surface area contributed by atoms with Crippen molar-refractivity contribution in [2.24, 2.45) is 0 Å². The molecule has 1 fully saturated rings. The lowest BCUT2D eigenvalue weighted by molar-refractivity contribution is -0.155. The van der Waals surface area contributed by atoms with Crippen molar-refractivity contribution in [2.45, 2.75) is 45.3 Å². The third-order valence-corrected chi connectivity index (χ3v) is 7.19. The van der Waals surface area contributed by atoms with Gasteiger partial charge in [0.05, 0.1) is 5.69 Å². The minimum absolute atomic E-state index is 0.0222. The Morgan fingerprint density at radius 3 is 2.27 bits per heavy atom. The number of aromatic nitrogens is 1. The number of carbonyl (C=O) groups is 4. The van der Waals surface area contributed by atoms with Crippen LogP contribution in [0.15, 0.2) is 59.3 Å². The number of hydrogen-bond donors (Lipinski definition) is 2. The van der Waals surface area contributed by atoms with Crippen LogP contribution < -0.4 is 5.32 Å². The summed E-state index contributed by atoms with van der Waals surface area (Å²) in [6.45, 7) is 5.98. The molecular weight excluding hydrogens is 544 g/mol. The molecule has 0 radical (unpaired) electrons. The fourth-order valence-electron chi connectivity index (χ4n) is 4.48. The number of carboxylic acid groups (broad SMARTS) is 1. The van der Waals surface area contributed by atoms with Crippen molar-refractivity contribution >= 4 is 35.2 Å². The Bertz CT molecular complexity index is 1380. The van der Waals surface area contributed by atoms with Crippen molar-refractivity contribution in [3.63, 3.8) is 0 Å². The third kappa shape index (κ3) is 8.14. The number of carbonyl (C=O) groups excluding carboxylic acids is 3. The minimum atomic E-state index is -1.04. The van der Waals surface area contributed by atoms with Gasteiger partial charge in [-0.05, 0) is 67.3 Å². The molecule has 2 aromatic heterocycles. The van der Waals surface area contributed by atoms with Crippen LogP contribution in [0.3, 0.4) is 0 Å². The second kappa shape index (κ2) is 12.9. The molecule has 41 heavy (non-hydrogen) atoms. The second-order valence-corrected chi connectivity index (χ2v) is 11.5. The maximum Gasteiger partial charge on any atom is 0.407 e. The molecule has 1 aliphatic heterocycles. The fraction of sp³-hybridized carbons (Fsp3) is 0.367. The molecule has 10 nitrogen and oxygen atoms in total. The predicted molar refractivity (Wildman–Crippen MR) is 155 cm³/mol. The summed E-state index contributed by atoms with van der Waals surface area (Å²) in [6.07, 6.45) is -1.10. The van der Waals surface area contributed by atoms with Gasteiger partial charge in [0.15, 0.2) is 0 Å². The first-order valence-electron chi connectivity index (χ1n) is 13.4. The predicted octanol–water partition coefficient (Wildman–Crippen LogP) is 4.52. The molecule has 1 aromatic carbocycles. The molecule has 3 amide bonds. The van der Waals surface area contributed by atoms with Crippen LogP contribution in [0.4, 0.5) is 4.79 Å². The van der Waals surface area contributed by atoms with Crippen molar-refractivity contribution in [2.75, 3.05) is 26.2 Å². The number of piperazine rings is 1. The molecule has 1 saturated heterocycles. The third-order valence-electron chi connectivity index (χ3n) is 6.50. The van der Waals surface area contributed by atoms with E-state index in [2.05, 4.69) is 10.3 Å². The summed E-state index contributed by atoms with van der Waals surface area (Å²) in [5.74, 6) is -1.42. The number of amides is 3. The van der Waals surface area contributed by atoms with Crippen molar-refractivity contribution in [3.8, 4) is 22.4 Å². The maximum absolute atomic E-state index is 13.6. The van der Waals surface area contributed by atoms with Gasteiger partial charge in [-0.3, -0.25) is 14.4 Å². The molecule has 1 aliphatic rings.